The van der Waals surface area contributed by atoms with Crippen LogP contribution in [0.5, 0.6) is 0 Å². The number of ketones is 1. The molecule has 0 saturated heterocycles. The van der Waals surface area contributed by atoms with Gasteiger partial charge < -0.3 is 4.74 Å². The maximum Gasteiger partial charge on any atom is 0.313 e. The highest BCUT2D eigenvalue weighted by molar-refractivity contribution is 7.92. The number of nitrogens with one attached hydrogen (secondary N) is 1. The first-order valence-corrected chi connectivity index (χ1v) is 9.09. The van der Waals surface area contributed by atoms with Crippen molar-refractivity contribution in [1.29, 1.82) is 0 Å². The average molecular weight is 401 g/mol. The number of sulfonamides is 1. The van der Waals surface area contributed by atoms with Gasteiger partial charge in [-0.1, -0.05) is 12.1 Å². The number of ether oxygens (including phenoxy) is 1. The monoisotopic (exact) mass is 401 g/mol. The number of hydrogen-bond acceptors (Lipinski definition) is 5. The van der Waals surface area contributed by atoms with E-state index in [1.165, 1.54) is 6.92 Å². The van der Waals surface area contributed by atoms with Crippen LogP contribution in [0.15, 0.2) is 41.3 Å². The summed E-state index contributed by atoms with van der Waals surface area (Å²) in [5.74, 6) is -5.83. The molecule has 0 unspecified atom stereocenters. The first-order valence-electron chi connectivity index (χ1n) is 7.61. The maximum atomic E-state index is 14.5. The van der Waals surface area contributed by atoms with E-state index in [1.807, 2.05) is 0 Å². The molecule has 0 spiro atoms. The molecule has 27 heavy (non-hydrogen) atoms. The van der Waals surface area contributed by atoms with Crippen LogP contribution in [0.4, 0.5) is 18.9 Å². The van der Waals surface area contributed by atoms with Crippen LogP contribution in [0, 0.1) is 17.5 Å². The van der Waals surface area contributed by atoms with Gasteiger partial charge in [0.1, 0.15) is 18.1 Å². The number of rotatable bonds is 7. The molecule has 0 heterocycles. The van der Waals surface area contributed by atoms with Gasteiger partial charge in [0, 0.05) is 0 Å². The Balaban J connectivity index is 2.35. The molecule has 0 aliphatic rings. The molecular weight excluding hydrogens is 387 g/mol. The van der Waals surface area contributed by atoms with Crippen molar-refractivity contribution < 1.29 is 35.9 Å². The van der Waals surface area contributed by atoms with Crippen LogP contribution in [0.3, 0.4) is 0 Å². The number of carbonyl (C=O) groups excluding carboxylic acids is 2. The molecule has 0 fully saturated rings. The van der Waals surface area contributed by atoms with Gasteiger partial charge in [0.05, 0.1) is 17.9 Å². The number of benzene rings is 2. The summed E-state index contributed by atoms with van der Waals surface area (Å²) < 4.78 is 72.7. The third-order valence-electron chi connectivity index (χ3n) is 3.34. The van der Waals surface area contributed by atoms with Crippen molar-refractivity contribution in [3.8, 4) is 0 Å². The lowest BCUT2D eigenvalue weighted by atomic mass is 10.1. The summed E-state index contributed by atoms with van der Waals surface area (Å²) in [4.78, 5) is 22.1. The van der Waals surface area contributed by atoms with Gasteiger partial charge in [0.2, 0.25) is 0 Å². The van der Waals surface area contributed by atoms with E-state index in [9.17, 15) is 31.2 Å². The normalized spacial score (nSPS) is 11.1. The standard InChI is InChI=1S/C17H14F3NO5S/c1-2-26-15(23)9-14(22)10-5-3-8-13(16(10)20)21-27(24,25)17-11(18)6-4-7-12(17)19/h3-8,21H,2,9H2,1H3. The van der Waals surface area contributed by atoms with Crippen LogP contribution >= 0.6 is 0 Å². The molecule has 144 valence electrons. The number of hydrogen-bond donors (Lipinski definition) is 1. The molecule has 0 atom stereocenters. The highest BCUT2D eigenvalue weighted by Crippen LogP contribution is 2.25. The van der Waals surface area contributed by atoms with E-state index in [1.54, 1.807) is 4.72 Å². The molecule has 0 aliphatic carbocycles. The van der Waals surface area contributed by atoms with E-state index in [0.29, 0.717) is 0 Å². The smallest absolute Gasteiger partial charge is 0.313 e. The van der Waals surface area contributed by atoms with E-state index >= 15 is 0 Å². The average Bonchev–Trinajstić information content (AvgIpc) is 2.56. The maximum absolute atomic E-state index is 14.5. The van der Waals surface area contributed by atoms with Crippen LogP contribution in [0.1, 0.15) is 23.7 Å². The van der Waals surface area contributed by atoms with Crippen molar-refractivity contribution in [2.24, 2.45) is 0 Å². The molecule has 6 nitrogen and oxygen atoms in total. The summed E-state index contributed by atoms with van der Waals surface area (Å²) in [6.07, 6.45) is -0.747. The number of anilines is 1. The van der Waals surface area contributed by atoms with E-state index in [2.05, 4.69) is 4.74 Å². The first-order chi connectivity index (χ1) is 12.7. The fourth-order valence-corrected chi connectivity index (χ4v) is 3.40. The van der Waals surface area contributed by atoms with Crippen molar-refractivity contribution in [3.05, 3.63) is 59.4 Å². The minimum absolute atomic E-state index is 0.0304. The largest absolute Gasteiger partial charge is 0.466 e. The zero-order chi connectivity index (χ0) is 20.2. The highest BCUT2D eigenvalue weighted by Gasteiger charge is 2.26. The molecule has 0 aromatic heterocycles. The predicted molar refractivity (Wildman–Crippen MR) is 89.1 cm³/mol. The quantitative estimate of drug-likeness (QED) is 0.438. The summed E-state index contributed by atoms with van der Waals surface area (Å²) in [6, 6.07) is 5.59. The minimum Gasteiger partial charge on any atom is -0.466 e. The van der Waals surface area contributed by atoms with Crippen LogP contribution < -0.4 is 4.72 Å². The Hall–Kier alpha value is -2.88. The molecule has 10 heteroatoms. The van der Waals surface area contributed by atoms with Crippen molar-refractivity contribution in [2.45, 2.75) is 18.2 Å². The molecule has 2 aromatic rings. The molecule has 0 saturated carbocycles. The predicted octanol–water partition coefficient (Wildman–Crippen LogP) is 3.04. The van der Waals surface area contributed by atoms with Gasteiger partial charge in [-0.05, 0) is 31.2 Å². The van der Waals surface area contributed by atoms with Gasteiger partial charge in [0.15, 0.2) is 16.5 Å². The Labute approximate surface area is 153 Å². The van der Waals surface area contributed by atoms with E-state index < -0.39 is 61.8 Å². The third kappa shape index (κ3) is 4.64. The molecule has 0 radical (unpaired) electrons. The van der Waals surface area contributed by atoms with Crippen LogP contribution in [-0.2, 0) is 19.6 Å². The Morgan fingerprint density at radius 1 is 1.04 bits per heavy atom. The van der Waals surface area contributed by atoms with Crippen LogP contribution in [0.2, 0.25) is 0 Å². The second kappa shape index (κ2) is 8.21. The Kier molecular flexibility index (Phi) is 6.21. The summed E-state index contributed by atoms with van der Waals surface area (Å²) >= 11 is 0. The van der Waals surface area contributed by atoms with Gasteiger partial charge in [-0.2, -0.15) is 0 Å². The van der Waals surface area contributed by atoms with Gasteiger partial charge in [-0.3, -0.25) is 14.3 Å². The van der Waals surface area contributed by atoms with Crippen molar-refractivity contribution in [2.75, 3.05) is 11.3 Å². The summed E-state index contributed by atoms with van der Waals surface area (Å²) in [6.45, 7) is 1.56. The minimum atomic E-state index is -4.81. The molecular formula is C17H14F3NO5S. The van der Waals surface area contributed by atoms with Gasteiger partial charge in [-0.15, -0.1) is 0 Å². The molecule has 0 amide bonds. The second-order valence-corrected chi connectivity index (χ2v) is 6.85. The zero-order valence-electron chi connectivity index (χ0n) is 14.0. The lowest BCUT2D eigenvalue weighted by Crippen LogP contribution is -2.18. The molecule has 1 N–H and O–H groups in total. The molecule has 0 bridgehead atoms. The van der Waals surface area contributed by atoms with E-state index in [0.717, 1.165) is 36.4 Å². The summed E-state index contributed by atoms with van der Waals surface area (Å²) in [5.41, 5.74) is -1.27. The fraction of sp³-hybridized carbons (Fsp3) is 0.176. The Bertz CT molecular complexity index is 972. The first kappa shape index (κ1) is 20.4. The molecule has 2 aromatic carbocycles. The van der Waals surface area contributed by atoms with Gasteiger partial charge in [0.25, 0.3) is 10.0 Å². The number of esters is 1. The van der Waals surface area contributed by atoms with Crippen molar-refractivity contribution in [3.63, 3.8) is 0 Å². The number of halogens is 3. The molecule has 2 rings (SSSR count). The number of carbonyl (C=O) groups is 2. The zero-order valence-corrected chi connectivity index (χ0v) is 14.8. The van der Waals surface area contributed by atoms with Crippen molar-refractivity contribution >= 4 is 27.5 Å². The lowest BCUT2D eigenvalue weighted by Gasteiger charge is -2.12. The number of Topliss-reactive ketones (excluding diaryl/α,β-unsaturated/α-hetero) is 1. The SMILES string of the molecule is CCOC(=O)CC(=O)c1cccc(NS(=O)(=O)c2c(F)cccc2F)c1F. The van der Waals surface area contributed by atoms with E-state index in [-0.39, 0.29) is 6.61 Å². The summed E-state index contributed by atoms with van der Waals surface area (Å²) in [5, 5.41) is 0. The topological polar surface area (TPSA) is 89.5 Å². The Morgan fingerprint density at radius 2 is 1.63 bits per heavy atom. The molecule has 0 aliphatic heterocycles. The van der Waals surface area contributed by atoms with Gasteiger partial charge >= 0.3 is 5.97 Å². The van der Waals surface area contributed by atoms with Gasteiger partial charge in [-0.25, -0.2) is 21.6 Å². The third-order valence-corrected chi connectivity index (χ3v) is 4.76. The van der Waals surface area contributed by atoms with Crippen molar-refractivity contribution in [1.82, 2.24) is 0 Å². The van der Waals surface area contributed by atoms with Crippen LogP contribution in [-0.4, -0.2) is 26.8 Å². The summed E-state index contributed by atoms with van der Waals surface area (Å²) in [7, 11) is -4.81. The van der Waals surface area contributed by atoms with E-state index in [4.69, 9.17) is 0 Å². The second-order valence-electron chi connectivity index (χ2n) is 5.23. The lowest BCUT2D eigenvalue weighted by molar-refractivity contribution is -0.141. The fourth-order valence-electron chi connectivity index (χ4n) is 2.20. The van der Waals surface area contributed by atoms with Crippen LogP contribution in [0.25, 0.3) is 0 Å². The highest BCUT2D eigenvalue weighted by atomic mass is 32.2. The Morgan fingerprint density at radius 3 is 2.22 bits per heavy atom.